The molecule has 0 fully saturated rings. The predicted octanol–water partition coefficient (Wildman–Crippen LogP) is 1.65. The van der Waals surface area contributed by atoms with Crippen molar-refractivity contribution in [3.63, 3.8) is 0 Å². The highest BCUT2D eigenvalue weighted by molar-refractivity contribution is 5.68. The van der Waals surface area contributed by atoms with E-state index in [2.05, 4.69) is 0 Å². The lowest BCUT2D eigenvalue weighted by atomic mass is 10.0. The Bertz CT molecular complexity index is 403. The van der Waals surface area contributed by atoms with Gasteiger partial charge in [0.15, 0.2) is 0 Å². The third-order valence-electron chi connectivity index (χ3n) is 2.16. The molecule has 2 N–H and O–H groups in total. The minimum absolute atomic E-state index is 0.115. The van der Waals surface area contributed by atoms with Crippen LogP contribution in [-0.2, 0) is 4.79 Å². The van der Waals surface area contributed by atoms with E-state index in [1.807, 2.05) is 0 Å². The molecule has 1 aromatic rings. The maximum Gasteiger partial charge on any atom is 0.306 e. The van der Waals surface area contributed by atoms with E-state index in [4.69, 9.17) is 9.84 Å². The molecule has 1 aromatic carbocycles. The molecule has 0 saturated heterocycles. The van der Waals surface area contributed by atoms with Crippen molar-refractivity contribution in [3.05, 3.63) is 29.1 Å². The maximum atomic E-state index is 13.6. The van der Waals surface area contributed by atoms with Crippen molar-refractivity contribution in [2.24, 2.45) is 0 Å². The topological polar surface area (TPSA) is 66.8 Å². The van der Waals surface area contributed by atoms with E-state index in [-0.39, 0.29) is 11.3 Å². The van der Waals surface area contributed by atoms with Crippen LogP contribution in [0.4, 0.5) is 4.39 Å². The van der Waals surface area contributed by atoms with Gasteiger partial charge in [-0.05, 0) is 24.6 Å². The van der Waals surface area contributed by atoms with Crippen LogP contribution in [0.2, 0.25) is 0 Å². The van der Waals surface area contributed by atoms with E-state index in [0.29, 0.717) is 5.56 Å². The molecule has 0 aliphatic carbocycles. The fraction of sp³-hybridized carbons (Fsp3) is 0.364. The zero-order valence-corrected chi connectivity index (χ0v) is 9.03. The summed E-state index contributed by atoms with van der Waals surface area (Å²) >= 11 is 0. The molecule has 0 saturated carbocycles. The fourth-order valence-corrected chi connectivity index (χ4v) is 1.48. The van der Waals surface area contributed by atoms with E-state index in [0.717, 1.165) is 0 Å². The van der Waals surface area contributed by atoms with Crippen LogP contribution in [0.15, 0.2) is 12.1 Å². The number of hydrogen-bond donors (Lipinski definition) is 2. The molecule has 0 aliphatic rings. The molecule has 1 unspecified atom stereocenters. The number of ether oxygens (including phenoxy) is 1. The second-order valence-corrected chi connectivity index (χ2v) is 3.48. The molecule has 0 aromatic heterocycles. The molecule has 1 rings (SSSR count). The molecule has 88 valence electrons. The zero-order chi connectivity index (χ0) is 12.3. The number of aliphatic carboxylic acids is 1. The van der Waals surface area contributed by atoms with Crippen LogP contribution in [0.25, 0.3) is 0 Å². The average molecular weight is 228 g/mol. The van der Waals surface area contributed by atoms with Gasteiger partial charge in [-0.25, -0.2) is 4.39 Å². The number of hydrogen-bond acceptors (Lipinski definition) is 3. The monoisotopic (exact) mass is 228 g/mol. The highest BCUT2D eigenvalue weighted by Crippen LogP contribution is 2.31. The summed E-state index contributed by atoms with van der Waals surface area (Å²) in [6.45, 7) is 1.68. The Labute approximate surface area is 92.3 Å². The van der Waals surface area contributed by atoms with Gasteiger partial charge in [-0.15, -0.1) is 0 Å². The molecule has 1 atom stereocenters. The minimum atomic E-state index is -1.41. The third-order valence-corrected chi connectivity index (χ3v) is 2.16. The molecule has 4 nitrogen and oxygen atoms in total. The third kappa shape index (κ3) is 2.70. The highest BCUT2D eigenvalue weighted by atomic mass is 19.1. The summed E-state index contributed by atoms with van der Waals surface area (Å²) in [4.78, 5) is 10.4. The largest absolute Gasteiger partial charge is 0.496 e. The van der Waals surface area contributed by atoms with Crippen molar-refractivity contribution in [3.8, 4) is 5.75 Å². The van der Waals surface area contributed by atoms with E-state index in [1.165, 1.54) is 13.2 Å². The number of carbonyl (C=O) groups is 1. The van der Waals surface area contributed by atoms with Crippen molar-refractivity contribution in [1.82, 2.24) is 0 Å². The summed E-state index contributed by atoms with van der Waals surface area (Å²) in [5, 5.41) is 18.1. The van der Waals surface area contributed by atoms with Gasteiger partial charge in [-0.2, -0.15) is 0 Å². The summed E-state index contributed by atoms with van der Waals surface area (Å²) in [5.41, 5.74) is 0.524. The van der Waals surface area contributed by atoms with Crippen LogP contribution in [-0.4, -0.2) is 23.3 Å². The summed E-state index contributed by atoms with van der Waals surface area (Å²) in [6, 6.07) is 2.77. The molecule has 16 heavy (non-hydrogen) atoms. The SMILES string of the molecule is COc1cc(C)cc(F)c1C(O)CC(=O)O. The minimum Gasteiger partial charge on any atom is -0.496 e. The molecule has 5 heteroatoms. The number of aliphatic hydroxyl groups is 1. The highest BCUT2D eigenvalue weighted by Gasteiger charge is 2.21. The average Bonchev–Trinajstić information content (AvgIpc) is 2.14. The van der Waals surface area contributed by atoms with Crippen LogP contribution in [0.3, 0.4) is 0 Å². The summed E-state index contributed by atoms with van der Waals surface area (Å²) in [6.07, 6.45) is -1.97. The number of carboxylic acid groups (broad SMARTS) is 1. The maximum absolute atomic E-state index is 13.6. The van der Waals surface area contributed by atoms with Gasteiger partial charge >= 0.3 is 5.97 Å². The second-order valence-electron chi connectivity index (χ2n) is 3.48. The van der Waals surface area contributed by atoms with Crippen LogP contribution in [0.1, 0.15) is 23.7 Å². The lowest BCUT2D eigenvalue weighted by molar-refractivity contribution is -0.139. The van der Waals surface area contributed by atoms with Crippen LogP contribution in [0.5, 0.6) is 5.75 Å². The van der Waals surface area contributed by atoms with Crippen LogP contribution < -0.4 is 4.74 Å². The first-order valence-electron chi connectivity index (χ1n) is 4.69. The Balaban J connectivity index is 3.15. The summed E-state index contributed by atoms with van der Waals surface area (Å²) in [7, 11) is 1.34. The molecule has 0 bridgehead atoms. The molecule has 0 heterocycles. The van der Waals surface area contributed by atoms with Gasteiger partial charge in [-0.3, -0.25) is 4.79 Å². The standard InChI is InChI=1S/C11H13FO4/c1-6-3-7(12)11(9(4-6)16-2)8(13)5-10(14)15/h3-4,8,13H,5H2,1-2H3,(H,14,15). The van der Waals surface area contributed by atoms with Crippen molar-refractivity contribution >= 4 is 5.97 Å². The van der Waals surface area contributed by atoms with Crippen LogP contribution >= 0.6 is 0 Å². The number of aryl methyl sites for hydroxylation is 1. The fourth-order valence-electron chi connectivity index (χ4n) is 1.48. The van der Waals surface area contributed by atoms with Crippen molar-refractivity contribution < 1.29 is 24.1 Å². The summed E-state index contributed by atoms with van der Waals surface area (Å²) in [5.74, 6) is -1.70. The molecule has 0 aliphatic heterocycles. The first-order valence-corrected chi connectivity index (χ1v) is 4.69. The van der Waals surface area contributed by atoms with Crippen molar-refractivity contribution in [2.75, 3.05) is 7.11 Å². The Kier molecular flexibility index (Phi) is 3.84. The van der Waals surface area contributed by atoms with Crippen LogP contribution in [0, 0.1) is 12.7 Å². The van der Waals surface area contributed by atoms with Gasteiger partial charge in [0.1, 0.15) is 11.6 Å². The number of aliphatic hydroxyl groups excluding tert-OH is 1. The number of carboxylic acids is 1. The summed E-state index contributed by atoms with van der Waals surface area (Å²) < 4.78 is 18.5. The van der Waals surface area contributed by atoms with Gasteiger partial charge in [0, 0.05) is 0 Å². The predicted molar refractivity (Wildman–Crippen MR) is 54.9 cm³/mol. The molecule has 0 radical (unpaired) electrons. The van der Waals surface area contributed by atoms with E-state index in [1.54, 1.807) is 13.0 Å². The smallest absolute Gasteiger partial charge is 0.306 e. The van der Waals surface area contributed by atoms with Gasteiger partial charge in [0.05, 0.1) is 25.2 Å². The molecule has 0 spiro atoms. The zero-order valence-electron chi connectivity index (χ0n) is 9.03. The Hall–Kier alpha value is -1.62. The number of benzene rings is 1. The Morgan fingerprint density at radius 2 is 2.19 bits per heavy atom. The second kappa shape index (κ2) is 4.94. The van der Waals surface area contributed by atoms with Crippen molar-refractivity contribution in [1.29, 1.82) is 0 Å². The van der Waals surface area contributed by atoms with E-state index < -0.39 is 24.3 Å². The molecule has 0 amide bonds. The first kappa shape index (κ1) is 12.4. The quantitative estimate of drug-likeness (QED) is 0.822. The molecular formula is C11H13FO4. The molecular weight excluding hydrogens is 215 g/mol. The van der Waals surface area contributed by atoms with Gasteiger partial charge in [0.25, 0.3) is 0 Å². The number of halogens is 1. The Morgan fingerprint density at radius 1 is 1.56 bits per heavy atom. The van der Waals surface area contributed by atoms with Gasteiger partial charge in [-0.1, -0.05) is 0 Å². The van der Waals surface area contributed by atoms with Crippen molar-refractivity contribution in [2.45, 2.75) is 19.4 Å². The normalized spacial score (nSPS) is 12.2. The lowest BCUT2D eigenvalue weighted by Crippen LogP contribution is -2.09. The number of methoxy groups -OCH3 is 1. The number of rotatable bonds is 4. The van der Waals surface area contributed by atoms with E-state index >= 15 is 0 Å². The van der Waals surface area contributed by atoms with Gasteiger partial charge < -0.3 is 14.9 Å². The van der Waals surface area contributed by atoms with Gasteiger partial charge in [0.2, 0.25) is 0 Å². The Morgan fingerprint density at radius 3 is 2.69 bits per heavy atom. The lowest BCUT2D eigenvalue weighted by Gasteiger charge is -2.14. The first-order chi connectivity index (χ1) is 7.45. The van der Waals surface area contributed by atoms with E-state index in [9.17, 15) is 14.3 Å².